The molecule has 0 aromatic heterocycles. The number of carbonyl (C=O) groups is 1. The minimum Gasteiger partial charge on any atom is -0.497 e. The van der Waals surface area contributed by atoms with Crippen LogP contribution in [0.4, 0.5) is 0 Å². The van der Waals surface area contributed by atoms with Crippen LogP contribution in [0.5, 0.6) is 5.75 Å². The molecule has 0 atom stereocenters. The van der Waals surface area contributed by atoms with Crippen molar-refractivity contribution in [1.82, 2.24) is 8.61 Å². The van der Waals surface area contributed by atoms with Crippen molar-refractivity contribution in [2.24, 2.45) is 11.7 Å². The van der Waals surface area contributed by atoms with Crippen LogP contribution in [-0.2, 0) is 21.5 Å². The van der Waals surface area contributed by atoms with E-state index < -0.39 is 10.2 Å². The van der Waals surface area contributed by atoms with Gasteiger partial charge >= 0.3 is 0 Å². The number of hydrogen-bond acceptors (Lipinski definition) is 4. The van der Waals surface area contributed by atoms with E-state index in [0.29, 0.717) is 31.7 Å². The molecule has 2 N–H and O–H groups in total. The molecular weight excluding hydrogens is 318 g/mol. The summed E-state index contributed by atoms with van der Waals surface area (Å²) in [6.45, 7) is 0.895. The molecule has 2 rings (SSSR count). The summed E-state index contributed by atoms with van der Waals surface area (Å²) in [7, 11) is -0.433. The first-order valence-corrected chi connectivity index (χ1v) is 8.88. The van der Waals surface area contributed by atoms with Crippen LogP contribution >= 0.6 is 0 Å². The van der Waals surface area contributed by atoms with Crippen molar-refractivity contribution in [3.8, 4) is 5.75 Å². The Kier molecular flexibility index (Phi) is 5.61. The Bertz CT molecular complexity index is 654. The third kappa shape index (κ3) is 4.21. The molecule has 128 valence electrons. The van der Waals surface area contributed by atoms with Crippen molar-refractivity contribution in [3.05, 3.63) is 29.8 Å². The van der Waals surface area contributed by atoms with E-state index in [0.717, 1.165) is 5.56 Å². The number of nitrogens with two attached hydrogens (primary N) is 1. The number of primary amides is 1. The molecule has 1 saturated heterocycles. The maximum atomic E-state index is 12.6. The van der Waals surface area contributed by atoms with E-state index in [4.69, 9.17) is 10.5 Å². The summed E-state index contributed by atoms with van der Waals surface area (Å²) in [6, 6.07) is 7.30. The lowest BCUT2D eigenvalue weighted by Crippen LogP contribution is -2.47. The Morgan fingerprint density at radius 3 is 2.61 bits per heavy atom. The highest BCUT2D eigenvalue weighted by atomic mass is 32.2. The van der Waals surface area contributed by atoms with Crippen LogP contribution in [0.15, 0.2) is 24.3 Å². The van der Waals surface area contributed by atoms with Crippen LogP contribution in [0.1, 0.15) is 18.4 Å². The maximum Gasteiger partial charge on any atom is 0.282 e. The van der Waals surface area contributed by atoms with Gasteiger partial charge in [0.05, 0.1) is 7.11 Å². The van der Waals surface area contributed by atoms with E-state index in [9.17, 15) is 13.2 Å². The summed E-state index contributed by atoms with van der Waals surface area (Å²) in [5, 5.41) is 0. The highest BCUT2D eigenvalue weighted by molar-refractivity contribution is 7.86. The average molecular weight is 341 g/mol. The van der Waals surface area contributed by atoms with Crippen molar-refractivity contribution in [2.45, 2.75) is 19.4 Å². The van der Waals surface area contributed by atoms with E-state index in [-0.39, 0.29) is 18.4 Å². The van der Waals surface area contributed by atoms with Crippen molar-refractivity contribution < 1.29 is 17.9 Å². The van der Waals surface area contributed by atoms with Gasteiger partial charge in [-0.25, -0.2) is 0 Å². The molecule has 0 radical (unpaired) electrons. The molecule has 0 bridgehead atoms. The van der Waals surface area contributed by atoms with Crippen molar-refractivity contribution in [3.63, 3.8) is 0 Å². The fraction of sp³-hybridized carbons (Fsp3) is 0.533. The van der Waals surface area contributed by atoms with Crippen LogP contribution in [0.25, 0.3) is 0 Å². The van der Waals surface area contributed by atoms with Gasteiger partial charge in [0, 0.05) is 32.6 Å². The smallest absolute Gasteiger partial charge is 0.282 e. The quantitative estimate of drug-likeness (QED) is 0.818. The number of benzene rings is 1. The first-order chi connectivity index (χ1) is 10.8. The summed E-state index contributed by atoms with van der Waals surface area (Å²) in [5.41, 5.74) is 6.13. The van der Waals surface area contributed by atoms with Crippen molar-refractivity contribution in [1.29, 1.82) is 0 Å². The zero-order valence-electron chi connectivity index (χ0n) is 13.4. The second-order valence-corrected chi connectivity index (χ2v) is 7.73. The van der Waals surface area contributed by atoms with Crippen molar-refractivity contribution in [2.75, 3.05) is 27.2 Å². The fourth-order valence-electron chi connectivity index (χ4n) is 2.68. The topological polar surface area (TPSA) is 92.9 Å². The van der Waals surface area contributed by atoms with Gasteiger partial charge in [-0.1, -0.05) is 12.1 Å². The highest BCUT2D eigenvalue weighted by Crippen LogP contribution is 2.22. The van der Waals surface area contributed by atoms with Crippen LogP contribution < -0.4 is 10.5 Å². The number of methoxy groups -OCH3 is 1. The Morgan fingerprint density at radius 1 is 1.39 bits per heavy atom. The molecule has 0 saturated carbocycles. The SMILES string of the molecule is COc1cccc(CN(C)S(=O)(=O)N2CCC(C(N)=O)CC2)c1. The summed E-state index contributed by atoms with van der Waals surface area (Å²) < 4.78 is 33.1. The standard InChI is InChI=1S/C15H23N3O4S/c1-17(11-12-4-3-5-14(10-12)22-2)23(20,21)18-8-6-13(7-9-18)15(16)19/h3-5,10,13H,6-9,11H2,1-2H3,(H2,16,19). The number of amides is 1. The molecule has 1 fully saturated rings. The lowest BCUT2D eigenvalue weighted by molar-refractivity contribution is -0.122. The molecule has 0 spiro atoms. The summed E-state index contributed by atoms with van der Waals surface area (Å²) in [4.78, 5) is 11.2. The van der Waals surface area contributed by atoms with Gasteiger partial charge in [0.2, 0.25) is 5.91 Å². The molecule has 1 aliphatic rings. The van der Waals surface area contributed by atoms with E-state index in [1.54, 1.807) is 14.2 Å². The van der Waals surface area contributed by atoms with Crippen LogP contribution in [0, 0.1) is 5.92 Å². The zero-order valence-corrected chi connectivity index (χ0v) is 14.3. The van der Waals surface area contributed by atoms with Crippen molar-refractivity contribution >= 4 is 16.1 Å². The second kappa shape index (κ2) is 7.29. The molecular formula is C15H23N3O4S. The van der Waals surface area contributed by atoms with Crippen LogP contribution in [0.3, 0.4) is 0 Å². The van der Waals surface area contributed by atoms with E-state index >= 15 is 0 Å². The zero-order chi connectivity index (χ0) is 17.0. The molecule has 1 aromatic rings. The summed E-state index contributed by atoms with van der Waals surface area (Å²) in [6.07, 6.45) is 0.948. The largest absolute Gasteiger partial charge is 0.497 e. The lowest BCUT2D eigenvalue weighted by atomic mass is 9.98. The molecule has 1 amide bonds. The van der Waals surface area contributed by atoms with Gasteiger partial charge in [0.25, 0.3) is 10.2 Å². The van der Waals surface area contributed by atoms with Crippen LogP contribution in [-0.4, -0.2) is 50.2 Å². The molecule has 0 unspecified atom stereocenters. The molecule has 1 aromatic carbocycles. The van der Waals surface area contributed by atoms with Gasteiger partial charge in [-0.3, -0.25) is 4.79 Å². The summed E-state index contributed by atoms with van der Waals surface area (Å²) >= 11 is 0. The van der Waals surface area contributed by atoms with Gasteiger partial charge in [-0.15, -0.1) is 0 Å². The predicted molar refractivity (Wildman–Crippen MR) is 86.9 cm³/mol. The van der Waals surface area contributed by atoms with E-state index in [1.807, 2.05) is 24.3 Å². The van der Waals surface area contributed by atoms with Gasteiger partial charge in [-0.05, 0) is 30.5 Å². The van der Waals surface area contributed by atoms with Gasteiger partial charge < -0.3 is 10.5 Å². The molecule has 1 heterocycles. The maximum absolute atomic E-state index is 12.6. The highest BCUT2D eigenvalue weighted by Gasteiger charge is 2.32. The van der Waals surface area contributed by atoms with E-state index in [2.05, 4.69) is 0 Å². The van der Waals surface area contributed by atoms with E-state index in [1.165, 1.54) is 8.61 Å². The molecule has 0 aliphatic carbocycles. The third-order valence-corrected chi connectivity index (χ3v) is 6.05. The Balaban J connectivity index is 2.03. The predicted octanol–water partition coefficient (Wildman–Crippen LogP) is 0.569. The monoisotopic (exact) mass is 341 g/mol. The number of rotatable bonds is 6. The Hall–Kier alpha value is -1.64. The third-order valence-electron chi connectivity index (χ3n) is 4.12. The molecule has 23 heavy (non-hydrogen) atoms. The minimum absolute atomic E-state index is 0.231. The van der Waals surface area contributed by atoms with Gasteiger partial charge in [0.1, 0.15) is 5.75 Å². The minimum atomic E-state index is -3.56. The average Bonchev–Trinajstić information content (AvgIpc) is 2.55. The Morgan fingerprint density at radius 2 is 2.04 bits per heavy atom. The lowest BCUT2D eigenvalue weighted by Gasteiger charge is -2.32. The number of nitrogens with zero attached hydrogens (tertiary/aromatic N) is 2. The number of ether oxygens (including phenoxy) is 1. The normalized spacial score (nSPS) is 17.3. The van der Waals surface area contributed by atoms with Gasteiger partial charge in [-0.2, -0.15) is 17.0 Å². The number of carbonyl (C=O) groups excluding carboxylic acids is 1. The molecule has 8 heteroatoms. The second-order valence-electron chi connectivity index (χ2n) is 5.69. The van der Waals surface area contributed by atoms with Crippen LogP contribution in [0.2, 0.25) is 0 Å². The first-order valence-electron chi connectivity index (χ1n) is 7.48. The number of hydrogen-bond donors (Lipinski definition) is 1. The molecule has 7 nitrogen and oxygen atoms in total. The summed E-state index contributed by atoms with van der Waals surface area (Å²) in [5.74, 6) is 0.104. The Labute approximate surface area is 137 Å². The number of piperidine rings is 1. The molecule has 1 aliphatic heterocycles. The fourth-order valence-corrected chi connectivity index (χ4v) is 4.06. The van der Waals surface area contributed by atoms with Gasteiger partial charge in [0.15, 0.2) is 0 Å². The first kappa shape index (κ1) is 17.7.